The number of carbonyl (C=O) groups is 1. The highest BCUT2D eigenvalue weighted by Gasteiger charge is 2.25. The third kappa shape index (κ3) is 2.79. The number of amidine groups is 1. The molecule has 0 atom stereocenters. The Hall–Kier alpha value is -1.49. The van der Waals surface area contributed by atoms with Gasteiger partial charge in [-0.2, -0.15) is 4.99 Å². The third-order valence-electron chi connectivity index (χ3n) is 2.34. The first-order valence-electron chi connectivity index (χ1n) is 5.41. The molecule has 90 valence electrons. The van der Waals surface area contributed by atoms with Crippen molar-refractivity contribution < 1.29 is 9.53 Å². The van der Waals surface area contributed by atoms with Gasteiger partial charge in [0.25, 0.3) is 11.9 Å². The Bertz CT molecular complexity index is 460. The van der Waals surface area contributed by atoms with Crippen LogP contribution < -0.4 is 0 Å². The first-order chi connectivity index (χ1) is 8.20. The van der Waals surface area contributed by atoms with E-state index >= 15 is 0 Å². The summed E-state index contributed by atoms with van der Waals surface area (Å²) < 4.78 is 5.20. The van der Waals surface area contributed by atoms with Crippen LogP contribution in [0.1, 0.15) is 6.92 Å². The Morgan fingerprint density at radius 3 is 3.00 bits per heavy atom. The number of hydrogen-bond donors (Lipinski definition) is 0. The lowest BCUT2D eigenvalue weighted by Gasteiger charge is -2.06. The van der Waals surface area contributed by atoms with E-state index in [1.807, 2.05) is 24.3 Å². The molecule has 17 heavy (non-hydrogen) atoms. The van der Waals surface area contributed by atoms with E-state index in [4.69, 9.17) is 4.74 Å². The van der Waals surface area contributed by atoms with Crippen LogP contribution in [0.5, 0.6) is 0 Å². The molecule has 1 amide bonds. The molecule has 2 rings (SSSR count). The second-order valence-corrected chi connectivity index (χ2v) is 4.90. The van der Waals surface area contributed by atoms with Gasteiger partial charge in [0.05, 0.1) is 5.69 Å². The highest BCUT2D eigenvalue weighted by Crippen LogP contribution is 2.23. The van der Waals surface area contributed by atoms with Crippen LogP contribution in [0.25, 0.3) is 0 Å². The Morgan fingerprint density at radius 2 is 2.35 bits per heavy atom. The van der Waals surface area contributed by atoms with Crippen LogP contribution in [0, 0.1) is 0 Å². The molecule has 0 saturated carbocycles. The van der Waals surface area contributed by atoms with Crippen LogP contribution in [0.15, 0.2) is 34.2 Å². The number of ether oxygens (including phenoxy) is 1. The van der Waals surface area contributed by atoms with Crippen LogP contribution >= 0.6 is 11.8 Å². The fourth-order valence-corrected chi connectivity index (χ4v) is 2.17. The van der Waals surface area contributed by atoms with E-state index in [2.05, 4.69) is 11.9 Å². The molecule has 1 aliphatic heterocycles. The molecule has 0 radical (unpaired) electrons. The summed E-state index contributed by atoms with van der Waals surface area (Å²) in [6.07, 6.45) is 0. The number of nitrogens with zero attached hydrogens (tertiary/aromatic N) is 2. The van der Waals surface area contributed by atoms with Crippen molar-refractivity contribution in [2.24, 2.45) is 4.99 Å². The van der Waals surface area contributed by atoms with E-state index in [9.17, 15) is 4.79 Å². The Kier molecular flexibility index (Phi) is 3.68. The monoisotopic (exact) mass is 250 g/mol. The highest BCUT2D eigenvalue weighted by atomic mass is 32.2. The predicted octanol–water partition coefficient (Wildman–Crippen LogP) is 2.27. The zero-order chi connectivity index (χ0) is 12.3. The molecule has 1 fully saturated rings. The van der Waals surface area contributed by atoms with Crippen LogP contribution in [-0.4, -0.2) is 36.2 Å². The molecular weight excluding hydrogens is 236 g/mol. The molecule has 1 heterocycles. The molecule has 1 aromatic rings. The average molecular weight is 250 g/mol. The maximum absolute atomic E-state index is 11.3. The Balaban J connectivity index is 2.20. The number of carbonyl (C=O) groups excluding carboxylic acids is 1. The number of rotatable bonds is 3. The van der Waals surface area contributed by atoms with Crippen molar-refractivity contribution in [3.05, 3.63) is 24.3 Å². The zero-order valence-electron chi connectivity index (χ0n) is 9.84. The first-order valence-corrected chi connectivity index (χ1v) is 6.40. The third-order valence-corrected chi connectivity index (χ3v) is 3.22. The number of amides is 1. The van der Waals surface area contributed by atoms with Gasteiger partial charge in [-0.3, -0.25) is 9.69 Å². The lowest BCUT2D eigenvalue weighted by molar-refractivity contribution is -0.124. The summed E-state index contributed by atoms with van der Waals surface area (Å²) in [6, 6.07) is 8.25. The number of likely N-dealkylation sites (N-methyl/N-ethyl adjacent to an activating group) is 1. The van der Waals surface area contributed by atoms with Crippen LogP contribution in [-0.2, 0) is 9.53 Å². The van der Waals surface area contributed by atoms with Crippen molar-refractivity contribution in [1.29, 1.82) is 0 Å². The largest absolute Gasteiger partial charge is 0.454 e. The second kappa shape index (κ2) is 5.23. The van der Waals surface area contributed by atoms with Gasteiger partial charge in [0.2, 0.25) is 0 Å². The maximum Gasteiger partial charge on any atom is 0.299 e. The zero-order valence-corrected chi connectivity index (χ0v) is 10.7. The van der Waals surface area contributed by atoms with E-state index in [0.717, 1.165) is 11.4 Å². The van der Waals surface area contributed by atoms with Crippen molar-refractivity contribution >= 4 is 29.4 Å². The van der Waals surface area contributed by atoms with Gasteiger partial charge >= 0.3 is 0 Å². The quantitative estimate of drug-likeness (QED) is 0.773. The van der Waals surface area contributed by atoms with Gasteiger partial charge < -0.3 is 4.74 Å². The van der Waals surface area contributed by atoms with Crippen molar-refractivity contribution in [3.8, 4) is 0 Å². The molecule has 0 unspecified atom stereocenters. The summed E-state index contributed by atoms with van der Waals surface area (Å²) in [7, 11) is 1.67. The molecule has 1 aromatic carbocycles. The fourth-order valence-electron chi connectivity index (χ4n) is 1.45. The van der Waals surface area contributed by atoms with Gasteiger partial charge in [0.1, 0.15) is 0 Å². The normalized spacial score (nSPS) is 17.6. The lowest BCUT2D eigenvalue weighted by Crippen LogP contribution is -2.24. The predicted molar refractivity (Wildman–Crippen MR) is 68.7 cm³/mol. The molecule has 0 aromatic heterocycles. The van der Waals surface area contributed by atoms with E-state index < -0.39 is 0 Å². The lowest BCUT2D eigenvalue weighted by atomic mass is 10.3. The van der Waals surface area contributed by atoms with Crippen molar-refractivity contribution in [1.82, 2.24) is 4.90 Å². The first kappa shape index (κ1) is 12.0. The van der Waals surface area contributed by atoms with Gasteiger partial charge in [-0.05, 0) is 24.0 Å². The molecule has 0 N–H and O–H groups in total. The number of benzene rings is 1. The van der Waals surface area contributed by atoms with E-state index in [1.165, 1.54) is 9.80 Å². The molecular formula is C12H14N2O2S. The van der Waals surface area contributed by atoms with E-state index in [-0.39, 0.29) is 12.5 Å². The van der Waals surface area contributed by atoms with Crippen LogP contribution in [0.3, 0.4) is 0 Å². The Labute approximate surface area is 105 Å². The summed E-state index contributed by atoms with van der Waals surface area (Å²) in [5.74, 6) is 0.956. The summed E-state index contributed by atoms with van der Waals surface area (Å²) in [6.45, 7) is 2.19. The van der Waals surface area contributed by atoms with Crippen molar-refractivity contribution in [3.63, 3.8) is 0 Å². The highest BCUT2D eigenvalue weighted by molar-refractivity contribution is 7.99. The topological polar surface area (TPSA) is 41.9 Å². The molecule has 1 aliphatic rings. The second-order valence-electron chi connectivity index (χ2n) is 3.57. The number of thioether (sulfide) groups is 1. The molecule has 4 nitrogen and oxygen atoms in total. The SMILES string of the molecule is CCSc1cccc(N=C2OCC(=O)N2C)c1. The maximum atomic E-state index is 11.3. The summed E-state index contributed by atoms with van der Waals surface area (Å²) in [5.41, 5.74) is 0.806. The Morgan fingerprint density at radius 1 is 1.53 bits per heavy atom. The van der Waals surface area contributed by atoms with E-state index in [0.29, 0.717) is 6.02 Å². The molecule has 5 heteroatoms. The van der Waals surface area contributed by atoms with Gasteiger partial charge in [0, 0.05) is 11.9 Å². The molecule has 0 spiro atoms. The summed E-state index contributed by atoms with van der Waals surface area (Å²) in [4.78, 5) is 18.2. The average Bonchev–Trinajstić information content (AvgIpc) is 2.62. The minimum atomic E-state index is -0.0668. The number of aliphatic imine (C=N–C) groups is 1. The van der Waals surface area contributed by atoms with Gasteiger partial charge in [-0.1, -0.05) is 13.0 Å². The number of hydrogen-bond acceptors (Lipinski definition) is 4. The summed E-state index contributed by atoms with van der Waals surface area (Å²) in [5, 5.41) is 0. The molecule has 1 saturated heterocycles. The molecule has 0 aliphatic carbocycles. The van der Waals surface area contributed by atoms with Gasteiger partial charge in [-0.15, -0.1) is 11.8 Å². The summed E-state index contributed by atoms with van der Waals surface area (Å²) >= 11 is 1.76. The van der Waals surface area contributed by atoms with Crippen LogP contribution in [0.2, 0.25) is 0 Å². The van der Waals surface area contributed by atoms with Crippen molar-refractivity contribution in [2.45, 2.75) is 11.8 Å². The minimum Gasteiger partial charge on any atom is -0.454 e. The minimum absolute atomic E-state index is 0.0668. The van der Waals surface area contributed by atoms with Crippen molar-refractivity contribution in [2.75, 3.05) is 19.4 Å². The molecule has 0 bridgehead atoms. The smallest absolute Gasteiger partial charge is 0.299 e. The van der Waals surface area contributed by atoms with Gasteiger partial charge in [-0.25, -0.2) is 0 Å². The van der Waals surface area contributed by atoms with Gasteiger partial charge in [0.15, 0.2) is 6.61 Å². The fraction of sp³-hybridized carbons (Fsp3) is 0.333. The standard InChI is InChI=1S/C12H14N2O2S/c1-3-17-10-6-4-5-9(7-10)13-12-14(2)11(15)8-16-12/h4-7H,3,8H2,1-2H3. The van der Waals surface area contributed by atoms with Crippen LogP contribution in [0.4, 0.5) is 5.69 Å². The van der Waals surface area contributed by atoms with E-state index in [1.54, 1.807) is 18.8 Å².